The van der Waals surface area contributed by atoms with E-state index in [4.69, 9.17) is 5.11 Å². The zero-order valence-electron chi connectivity index (χ0n) is 13.4. The number of aryl methyl sites for hydroxylation is 2. The molecule has 0 aromatic heterocycles. The third kappa shape index (κ3) is 5.94. The quantitative estimate of drug-likeness (QED) is 0.634. The molecule has 1 aromatic rings. The number of nitrogens with one attached hydrogen (secondary N) is 2. The number of allylic oxidation sites excluding steroid dienone is 1. The summed E-state index contributed by atoms with van der Waals surface area (Å²) in [5, 5.41) is 13.9. The van der Waals surface area contributed by atoms with Crippen LogP contribution in [0.1, 0.15) is 34.3 Å². The van der Waals surface area contributed by atoms with Gasteiger partial charge >= 0.3 is 5.97 Å². The van der Waals surface area contributed by atoms with Gasteiger partial charge in [0.25, 0.3) is 5.91 Å². The standard InChI is InChI=1S/C17H22N2O4/c1-4-5-6-14(17(22)23)19-15(20)10-18-16(21)13-8-7-11(2)12(3)9-13/h4,7-9,14H,1,5-6,10H2,2-3H3,(H,18,21)(H,19,20)(H,22,23). The second kappa shape index (κ2) is 8.73. The Morgan fingerprint density at radius 1 is 1.26 bits per heavy atom. The Kier molecular flexibility index (Phi) is 6.99. The minimum Gasteiger partial charge on any atom is -0.480 e. The molecule has 0 heterocycles. The molecule has 0 fully saturated rings. The zero-order valence-corrected chi connectivity index (χ0v) is 13.4. The number of benzene rings is 1. The molecule has 0 saturated carbocycles. The molecule has 1 unspecified atom stereocenters. The number of carbonyl (C=O) groups excluding carboxylic acids is 2. The lowest BCUT2D eigenvalue weighted by molar-refractivity contribution is -0.141. The van der Waals surface area contributed by atoms with E-state index in [1.807, 2.05) is 19.9 Å². The van der Waals surface area contributed by atoms with E-state index >= 15 is 0 Å². The maximum Gasteiger partial charge on any atom is 0.326 e. The maximum absolute atomic E-state index is 12.0. The lowest BCUT2D eigenvalue weighted by Crippen LogP contribution is -2.45. The van der Waals surface area contributed by atoms with E-state index in [1.54, 1.807) is 18.2 Å². The summed E-state index contributed by atoms with van der Waals surface area (Å²) in [4.78, 5) is 34.8. The van der Waals surface area contributed by atoms with Crippen molar-refractivity contribution in [2.75, 3.05) is 6.54 Å². The molecule has 0 aliphatic rings. The second-order valence-electron chi connectivity index (χ2n) is 5.31. The molecule has 0 bridgehead atoms. The maximum atomic E-state index is 12.0. The van der Waals surface area contributed by atoms with Crippen molar-refractivity contribution in [3.8, 4) is 0 Å². The molecular formula is C17H22N2O4. The fourth-order valence-electron chi connectivity index (χ4n) is 1.93. The lowest BCUT2D eigenvalue weighted by Gasteiger charge is -2.14. The van der Waals surface area contributed by atoms with Crippen molar-refractivity contribution >= 4 is 17.8 Å². The molecule has 0 radical (unpaired) electrons. The van der Waals surface area contributed by atoms with E-state index in [1.165, 1.54) is 0 Å². The van der Waals surface area contributed by atoms with Crippen LogP contribution < -0.4 is 10.6 Å². The molecule has 0 aliphatic heterocycles. The van der Waals surface area contributed by atoms with Gasteiger partial charge in [-0.25, -0.2) is 4.79 Å². The molecule has 6 nitrogen and oxygen atoms in total. The molecule has 1 rings (SSSR count). The largest absolute Gasteiger partial charge is 0.480 e. The minimum atomic E-state index is -1.11. The summed E-state index contributed by atoms with van der Waals surface area (Å²) in [5.41, 5.74) is 2.52. The van der Waals surface area contributed by atoms with Gasteiger partial charge in [0.1, 0.15) is 6.04 Å². The van der Waals surface area contributed by atoms with E-state index < -0.39 is 17.9 Å². The molecule has 2 amide bonds. The van der Waals surface area contributed by atoms with Gasteiger partial charge in [0.05, 0.1) is 6.54 Å². The zero-order chi connectivity index (χ0) is 17.4. The predicted octanol–water partition coefficient (Wildman–Crippen LogP) is 1.57. The number of carbonyl (C=O) groups is 3. The first-order chi connectivity index (χ1) is 10.8. The van der Waals surface area contributed by atoms with Crippen LogP contribution in [0.5, 0.6) is 0 Å². The highest BCUT2D eigenvalue weighted by atomic mass is 16.4. The number of aliphatic carboxylic acids is 1. The van der Waals surface area contributed by atoms with Crippen LogP contribution in [0.25, 0.3) is 0 Å². The van der Waals surface area contributed by atoms with E-state index in [0.29, 0.717) is 12.0 Å². The highest BCUT2D eigenvalue weighted by molar-refractivity contribution is 5.97. The summed E-state index contributed by atoms with van der Waals surface area (Å²) in [6, 6.07) is 4.27. The van der Waals surface area contributed by atoms with Gasteiger partial charge in [-0.1, -0.05) is 12.1 Å². The van der Waals surface area contributed by atoms with Crippen LogP contribution in [0, 0.1) is 13.8 Å². The summed E-state index contributed by atoms with van der Waals surface area (Å²) in [6.07, 6.45) is 2.32. The number of carboxylic acids is 1. The van der Waals surface area contributed by atoms with Gasteiger partial charge < -0.3 is 15.7 Å². The van der Waals surface area contributed by atoms with Gasteiger partial charge in [0, 0.05) is 5.56 Å². The molecule has 1 aromatic carbocycles. The molecular weight excluding hydrogens is 296 g/mol. The van der Waals surface area contributed by atoms with Crippen molar-refractivity contribution in [3.05, 3.63) is 47.5 Å². The SMILES string of the molecule is C=CCCC(NC(=O)CNC(=O)c1ccc(C)c(C)c1)C(=O)O. The van der Waals surface area contributed by atoms with Gasteiger partial charge in [-0.3, -0.25) is 9.59 Å². The molecule has 23 heavy (non-hydrogen) atoms. The van der Waals surface area contributed by atoms with Gasteiger partial charge in [-0.15, -0.1) is 6.58 Å². The number of hydrogen-bond acceptors (Lipinski definition) is 3. The van der Waals surface area contributed by atoms with Gasteiger partial charge in [0.15, 0.2) is 0 Å². The number of hydrogen-bond donors (Lipinski definition) is 3. The number of rotatable bonds is 8. The van der Waals surface area contributed by atoms with E-state index in [-0.39, 0.29) is 18.9 Å². The van der Waals surface area contributed by atoms with Gasteiger partial charge in [-0.2, -0.15) is 0 Å². The average Bonchev–Trinajstić information content (AvgIpc) is 2.51. The minimum absolute atomic E-state index is 0.260. The molecule has 0 aliphatic carbocycles. The van der Waals surface area contributed by atoms with Crippen molar-refractivity contribution in [1.82, 2.24) is 10.6 Å². The molecule has 0 saturated heterocycles. The normalized spacial score (nSPS) is 11.4. The van der Waals surface area contributed by atoms with Crippen molar-refractivity contribution in [2.45, 2.75) is 32.7 Å². The van der Waals surface area contributed by atoms with Crippen molar-refractivity contribution in [1.29, 1.82) is 0 Å². The third-order valence-electron chi connectivity index (χ3n) is 3.47. The van der Waals surface area contributed by atoms with Crippen molar-refractivity contribution < 1.29 is 19.5 Å². The fraction of sp³-hybridized carbons (Fsp3) is 0.353. The van der Waals surface area contributed by atoms with Crippen LogP contribution in [-0.4, -0.2) is 35.5 Å². The smallest absolute Gasteiger partial charge is 0.326 e. The lowest BCUT2D eigenvalue weighted by atomic mass is 10.1. The second-order valence-corrected chi connectivity index (χ2v) is 5.31. The Balaban J connectivity index is 2.54. The molecule has 0 spiro atoms. The first-order valence-electron chi connectivity index (χ1n) is 7.33. The van der Waals surface area contributed by atoms with Crippen LogP contribution in [0.3, 0.4) is 0 Å². The predicted molar refractivity (Wildman–Crippen MR) is 87.2 cm³/mol. The molecule has 1 atom stereocenters. The monoisotopic (exact) mass is 318 g/mol. The Morgan fingerprint density at radius 2 is 1.96 bits per heavy atom. The van der Waals surface area contributed by atoms with E-state index in [9.17, 15) is 14.4 Å². The third-order valence-corrected chi connectivity index (χ3v) is 3.47. The summed E-state index contributed by atoms with van der Waals surface area (Å²) in [7, 11) is 0. The summed E-state index contributed by atoms with van der Waals surface area (Å²) in [6.45, 7) is 7.08. The van der Waals surface area contributed by atoms with Crippen LogP contribution >= 0.6 is 0 Å². The highest BCUT2D eigenvalue weighted by Crippen LogP contribution is 2.09. The average molecular weight is 318 g/mol. The topological polar surface area (TPSA) is 95.5 Å². The fourth-order valence-corrected chi connectivity index (χ4v) is 1.93. The number of carboxylic acid groups (broad SMARTS) is 1. The Bertz CT molecular complexity index is 611. The van der Waals surface area contributed by atoms with Crippen LogP contribution in [-0.2, 0) is 9.59 Å². The highest BCUT2D eigenvalue weighted by Gasteiger charge is 2.19. The van der Waals surface area contributed by atoms with Gasteiger partial charge in [-0.05, 0) is 49.9 Å². The first-order valence-corrected chi connectivity index (χ1v) is 7.33. The molecule has 3 N–H and O–H groups in total. The first kappa shape index (κ1) is 18.4. The van der Waals surface area contributed by atoms with Crippen LogP contribution in [0.4, 0.5) is 0 Å². The van der Waals surface area contributed by atoms with Crippen molar-refractivity contribution in [3.63, 3.8) is 0 Å². The summed E-state index contributed by atoms with van der Waals surface area (Å²) in [5.74, 6) is -2.03. The Labute approximate surface area is 135 Å². The number of amides is 2. The van der Waals surface area contributed by atoms with Gasteiger partial charge in [0.2, 0.25) is 5.91 Å². The summed E-state index contributed by atoms with van der Waals surface area (Å²) >= 11 is 0. The van der Waals surface area contributed by atoms with Crippen LogP contribution in [0.2, 0.25) is 0 Å². The molecule has 6 heteroatoms. The Hall–Kier alpha value is -2.63. The summed E-state index contributed by atoms with van der Waals surface area (Å²) < 4.78 is 0. The molecule has 124 valence electrons. The van der Waals surface area contributed by atoms with E-state index in [0.717, 1.165) is 11.1 Å². The van der Waals surface area contributed by atoms with Crippen molar-refractivity contribution in [2.24, 2.45) is 0 Å². The van der Waals surface area contributed by atoms with E-state index in [2.05, 4.69) is 17.2 Å². The Morgan fingerprint density at radius 3 is 2.52 bits per heavy atom. The van der Waals surface area contributed by atoms with Crippen LogP contribution in [0.15, 0.2) is 30.9 Å².